The van der Waals surface area contributed by atoms with E-state index in [0.717, 1.165) is 0 Å². The molecule has 0 fully saturated rings. The molecule has 1 aromatic rings. The zero-order valence-corrected chi connectivity index (χ0v) is 11.9. The van der Waals surface area contributed by atoms with Gasteiger partial charge in [-0.25, -0.2) is 4.39 Å². The highest BCUT2D eigenvalue weighted by atomic mass is 79.9. The average molecular weight is 326 g/mol. The molecular weight excluding hydrogens is 310 g/mol. The normalized spacial score (nSPS) is 13.5. The first-order chi connectivity index (χ1) is 7.41. The van der Waals surface area contributed by atoms with Crippen molar-refractivity contribution >= 4 is 39.9 Å². The number of carbonyl (C=O) groups is 1. The lowest BCUT2D eigenvalue weighted by atomic mass is 10.0. The van der Waals surface area contributed by atoms with E-state index < -0.39 is 5.82 Å². The van der Waals surface area contributed by atoms with Crippen LogP contribution in [0.25, 0.3) is 0 Å². The Hall–Kier alpha value is -0.650. The number of amides is 1. The third-order valence-corrected chi connectivity index (χ3v) is 2.88. The second-order valence-electron chi connectivity index (χ2n) is 3.76. The number of halogens is 3. The van der Waals surface area contributed by atoms with Gasteiger partial charge in [-0.1, -0.05) is 22.9 Å². The molecule has 96 valence electrons. The first-order valence-electron chi connectivity index (χ1n) is 4.93. The molecule has 0 aliphatic carbocycles. The maximum absolute atomic E-state index is 13.3. The Morgan fingerprint density at radius 3 is 2.59 bits per heavy atom. The second kappa shape index (κ2) is 6.93. The van der Waals surface area contributed by atoms with Gasteiger partial charge in [-0.05, 0) is 25.1 Å². The monoisotopic (exact) mass is 324 g/mol. The van der Waals surface area contributed by atoms with Crippen molar-refractivity contribution in [3.05, 3.63) is 28.5 Å². The van der Waals surface area contributed by atoms with Crippen LogP contribution in [0, 0.1) is 11.7 Å². The van der Waals surface area contributed by atoms with E-state index in [4.69, 9.17) is 5.73 Å². The molecule has 1 rings (SSSR count). The van der Waals surface area contributed by atoms with Crippen LogP contribution in [0.5, 0.6) is 0 Å². The van der Waals surface area contributed by atoms with Crippen molar-refractivity contribution in [3.8, 4) is 0 Å². The molecule has 17 heavy (non-hydrogen) atoms. The molecule has 3 N–H and O–H groups in total. The summed E-state index contributed by atoms with van der Waals surface area (Å²) in [5.74, 6) is -1.11. The smallest absolute Gasteiger partial charge is 0.228 e. The third-order valence-electron chi connectivity index (χ3n) is 2.39. The maximum atomic E-state index is 13.3. The molecule has 0 heterocycles. The molecule has 1 aromatic carbocycles. The van der Waals surface area contributed by atoms with Crippen molar-refractivity contribution in [2.75, 3.05) is 5.32 Å². The van der Waals surface area contributed by atoms with E-state index in [0.29, 0.717) is 4.47 Å². The predicted octanol–water partition coefficient (Wildman–Crippen LogP) is 2.93. The largest absolute Gasteiger partial charge is 0.327 e. The summed E-state index contributed by atoms with van der Waals surface area (Å²) in [6.45, 7) is 3.44. The van der Waals surface area contributed by atoms with Crippen molar-refractivity contribution in [1.29, 1.82) is 0 Å². The summed E-state index contributed by atoms with van der Waals surface area (Å²) in [4.78, 5) is 11.6. The fourth-order valence-corrected chi connectivity index (χ4v) is 1.44. The van der Waals surface area contributed by atoms with E-state index in [1.54, 1.807) is 19.9 Å². The predicted molar refractivity (Wildman–Crippen MR) is 72.8 cm³/mol. The first kappa shape index (κ1) is 16.4. The number of carbonyl (C=O) groups excluding carboxylic acids is 1. The fourth-order valence-electron chi connectivity index (χ4n) is 1.08. The Bertz CT molecular complexity index is 401. The highest BCUT2D eigenvalue weighted by Crippen LogP contribution is 2.20. The molecule has 6 heteroatoms. The highest BCUT2D eigenvalue weighted by molar-refractivity contribution is 9.10. The lowest BCUT2D eigenvalue weighted by Crippen LogP contribution is -2.34. The summed E-state index contributed by atoms with van der Waals surface area (Å²) < 4.78 is 14.0. The standard InChI is InChI=1S/C11H14BrFN2O.ClH/c1-6(7(2)14)11(16)15-10-5-8(12)3-4-9(10)13;/h3-7H,14H2,1-2H3,(H,15,16);1H. The SMILES string of the molecule is CC(N)C(C)C(=O)Nc1cc(Br)ccc1F.Cl. The van der Waals surface area contributed by atoms with Gasteiger partial charge in [0.05, 0.1) is 11.6 Å². The molecule has 0 saturated heterocycles. The molecule has 0 spiro atoms. The van der Waals surface area contributed by atoms with Crippen molar-refractivity contribution in [2.24, 2.45) is 11.7 Å². The summed E-state index contributed by atoms with van der Waals surface area (Å²) in [5.41, 5.74) is 5.75. The zero-order chi connectivity index (χ0) is 12.3. The van der Waals surface area contributed by atoms with Crippen LogP contribution in [0.2, 0.25) is 0 Å². The van der Waals surface area contributed by atoms with Crippen molar-refractivity contribution in [3.63, 3.8) is 0 Å². The van der Waals surface area contributed by atoms with E-state index in [-0.39, 0.29) is 36.0 Å². The van der Waals surface area contributed by atoms with Crippen LogP contribution in [-0.2, 0) is 4.79 Å². The summed E-state index contributed by atoms with van der Waals surface area (Å²) in [6, 6.07) is 4.10. The molecule has 2 unspecified atom stereocenters. The van der Waals surface area contributed by atoms with Gasteiger partial charge in [0.1, 0.15) is 5.82 Å². The van der Waals surface area contributed by atoms with E-state index >= 15 is 0 Å². The van der Waals surface area contributed by atoms with Gasteiger partial charge < -0.3 is 11.1 Å². The first-order valence-corrected chi connectivity index (χ1v) is 5.72. The van der Waals surface area contributed by atoms with Crippen LogP contribution in [0.15, 0.2) is 22.7 Å². The van der Waals surface area contributed by atoms with Crippen LogP contribution in [-0.4, -0.2) is 11.9 Å². The van der Waals surface area contributed by atoms with Gasteiger partial charge in [-0.15, -0.1) is 12.4 Å². The Kier molecular flexibility index (Phi) is 6.67. The molecule has 0 aliphatic heterocycles. The Balaban J connectivity index is 0.00000256. The highest BCUT2D eigenvalue weighted by Gasteiger charge is 2.18. The number of benzene rings is 1. The van der Waals surface area contributed by atoms with E-state index in [1.165, 1.54) is 12.1 Å². The summed E-state index contributed by atoms with van der Waals surface area (Å²) in [6.07, 6.45) is 0. The van der Waals surface area contributed by atoms with Gasteiger partial charge in [0.25, 0.3) is 0 Å². The fraction of sp³-hybridized carbons (Fsp3) is 0.364. The second-order valence-corrected chi connectivity index (χ2v) is 4.68. The Labute approximate surface area is 114 Å². The topological polar surface area (TPSA) is 55.1 Å². The van der Waals surface area contributed by atoms with Gasteiger partial charge in [-0.2, -0.15) is 0 Å². The average Bonchev–Trinajstić information content (AvgIpc) is 2.22. The lowest BCUT2D eigenvalue weighted by molar-refractivity contribution is -0.119. The van der Waals surface area contributed by atoms with Crippen molar-refractivity contribution in [2.45, 2.75) is 19.9 Å². The number of hydrogen-bond acceptors (Lipinski definition) is 2. The van der Waals surface area contributed by atoms with Gasteiger partial charge >= 0.3 is 0 Å². The van der Waals surface area contributed by atoms with Gasteiger partial charge in [0, 0.05) is 10.5 Å². The van der Waals surface area contributed by atoms with E-state index in [1.807, 2.05) is 0 Å². The summed E-state index contributed by atoms with van der Waals surface area (Å²) in [5, 5.41) is 2.51. The third kappa shape index (κ3) is 4.61. The van der Waals surface area contributed by atoms with E-state index in [2.05, 4.69) is 21.2 Å². The number of nitrogens with two attached hydrogens (primary N) is 1. The number of anilines is 1. The van der Waals surface area contributed by atoms with Crippen LogP contribution in [0.1, 0.15) is 13.8 Å². The van der Waals surface area contributed by atoms with Gasteiger partial charge in [0.15, 0.2) is 0 Å². The van der Waals surface area contributed by atoms with E-state index in [9.17, 15) is 9.18 Å². The lowest BCUT2D eigenvalue weighted by Gasteiger charge is -2.15. The Morgan fingerprint density at radius 1 is 1.47 bits per heavy atom. The molecule has 0 bridgehead atoms. The molecule has 1 amide bonds. The molecule has 0 radical (unpaired) electrons. The minimum atomic E-state index is -0.464. The summed E-state index contributed by atoms with van der Waals surface area (Å²) in [7, 11) is 0. The summed E-state index contributed by atoms with van der Waals surface area (Å²) >= 11 is 3.21. The van der Waals surface area contributed by atoms with Gasteiger partial charge in [0.2, 0.25) is 5.91 Å². The van der Waals surface area contributed by atoms with Crippen LogP contribution < -0.4 is 11.1 Å². The Morgan fingerprint density at radius 2 is 2.06 bits per heavy atom. The molecule has 0 aromatic heterocycles. The van der Waals surface area contributed by atoms with Crippen LogP contribution >= 0.6 is 28.3 Å². The number of nitrogens with one attached hydrogen (secondary N) is 1. The zero-order valence-electron chi connectivity index (χ0n) is 9.54. The van der Waals surface area contributed by atoms with Crippen molar-refractivity contribution < 1.29 is 9.18 Å². The minimum absolute atomic E-state index is 0. The van der Waals surface area contributed by atoms with Crippen molar-refractivity contribution in [1.82, 2.24) is 0 Å². The maximum Gasteiger partial charge on any atom is 0.228 e. The molecule has 0 aliphatic rings. The molecule has 3 nitrogen and oxygen atoms in total. The number of rotatable bonds is 3. The van der Waals surface area contributed by atoms with Crippen LogP contribution in [0.3, 0.4) is 0 Å². The van der Waals surface area contributed by atoms with Gasteiger partial charge in [-0.3, -0.25) is 4.79 Å². The minimum Gasteiger partial charge on any atom is -0.327 e. The quantitative estimate of drug-likeness (QED) is 0.898. The molecular formula is C11H15BrClFN2O. The molecule has 2 atom stereocenters. The molecule has 0 saturated carbocycles. The number of hydrogen-bond donors (Lipinski definition) is 2. The van der Waals surface area contributed by atoms with Crippen LogP contribution in [0.4, 0.5) is 10.1 Å².